The van der Waals surface area contributed by atoms with E-state index in [1.54, 1.807) is 6.07 Å². The van der Waals surface area contributed by atoms with Crippen LogP contribution >= 0.6 is 0 Å². The lowest BCUT2D eigenvalue weighted by molar-refractivity contribution is -0.136. The second kappa shape index (κ2) is 7.54. The predicted octanol–water partition coefficient (Wildman–Crippen LogP) is -0.0474. The van der Waals surface area contributed by atoms with Crippen LogP contribution in [0, 0.1) is 13.8 Å². The number of β-amino-alcohol motifs (C(OH)–C–C–N with tert-alkyl or cyclic N) is 1. The molecule has 0 saturated carbocycles. The van der Waals surface area contributed by atoms with Gasteiger partial charge in [-0.2, -0.15) is 0 Å². The minimum atomic E-state index is -0.586. The molecule has 0 unspecified atom stereocenters. The van der Waals surface area contributed by atoms with Gasteiger partial charge in [0, 0.05) is 12.2 Å². The maximum atomic E-state index is 12.7. The predicted molar refractivity (Wildman–Crippen MR) is 95.0 cm³/mol. The monoisotopic (exact) mass is 372 g/mol. The van der Waals surface area contributed by atoms with Gasteiger partial charge in [-0.3, -0.25) is 4.79 Å². The third-order valence-electron chi connectivity index (χ3n) is 4.48. The zero-order valence-electron chi connectivity index (χ0n) is 15.3. The number of rotatable bonds is 6. The zero-order chi connectivity index (χ0) is 19.6. The Bertz CT molecular complexity index is 906. The normalized spacial score (nSPS) is 14.1. The van der Waals surface area contributed by atoms with Crippen LogP contribution in [0.3, 0.4) is 0 Å². The highest BCUT2D eigenvalue weighted by Crippen LogP contribution is 2.28. The number of benzene rings is 1. The second-order valence-electron chi connectivity index (χ2n) is 6.11. The Balaban J connectivity index is 2.01. The number of amides is 1. The first-order valence-electron chi connectivity index (χ1n) is 8.29. The molecule has 1 amide bonds. The number of anilines is 1. The van der Waals surface area contributed by atoms with Crippen molar-refractivity contribution in [1.29, 1.82) is 0 Å². The van der Waals surface area contributed by atoms with Gasteiger partial charge in [0.2, 0.25) is 0 Å². The van der Waals surface area contributed by atoms with Crippen molar-refractivity contribution < 1.29 is 19.4 Å². The van der Waals surface area contributed by atoms with Crippen LogP contribution in [0.2, 0.25) is 0 Å². The third-order valence-corrected chi connectivity index (χ3v) is 4.48. The molecule has 0 radical (unpaired) electrons. The van der Waals surface area contributed by atoms with Crippen LogP contribution in [0.25, 0.3) is 5.69 Å². The lowest BCUT2D eigenvalue weighted by Crippen LogP contribution is -2.31. The van der Waals surface area contributed by atoms with Gasteiger partial charge in [0.25, 0.3) is 5.91 Å². The molecule has 0 aliphatic carbocycles. The van der Waals surface area contributed by atoms with E-state index in [0.717, 1.165) is 11.1 Å². The Labute approximate surface area is 155 Å². The molecule has 0 bridgehead atoms. The van der Waals surface area contributed by atoms with E-state index in [-0.39, 0.29) is 36.9 Å². The van der Waals surface area contributed by atoms with E-state index >= 15 is 0 Å². The van der Waals surface area contributed by atoms with Crippen molar-refractivity contribution in [3.63, 3.8) is 0 Å². The quantitative estimate of drug-likeness (QED) is 0.677. The molecular weight excluding hydrogens is 352 g/mol. The lowest BCUT2D eigenvalue weighted by Gasteiger charge is -2.17. The maximum Gasteiger partial charge on any atom is 0.337 e. The van der Waals surface area contributed by atoms with Crippen LogP contribution in [-0.4, -0.2) is 68.9 Å². The van der Waals surface area contributed by atoms with Crippen LogP contribution in [0.4, 0.5) is 5.69 Å². The summed E-state index contributed by atoms with van der Waals surface area (Å²) in [5, 5.41) is 23.4. The second-order valence-corrected chi connectivity index (χ2v) is 6.11. The van der Waals surface area contributed by atoms with E-state index in [9.17, 15) is 9.59 Å². The number of aromatic nitrogens is 4. The van der Waals surface area contributed by atoms with Crippen LogP contribution in [-0.2, 0) is 14.3 Å². The van der Waals surface area contributed by atoms with Gasteiger partial charge < -0.3 is 20.1 Å². The van der Waals surface area contributed by atoms with Gasteiger partial charge in [-0.1, -0.05) is 0 Å². The molecule has 0 atom stereocenters. The summed E-state index contributed by atoms with van der Waals surface area (Å²) in [6.07, 6.45) is 1.47. The number of aryl methyl sites for hydroxylation is 1. The van der Waals surface area contributed by atoms with E-state index in [2.05, 4.69) is 20.8 Å². The van der Waals surface area contributed by atoms with Gasteiger partial charge in [0.05, 0.1) is 31.5 Å². The van der Waals surface area contributed by atoms with Gasteiger partial charge in [0.15, 0.2) is 0 Å². The first-order chi connectivity index (χ1) is 13.0. The Morgan fingerprint density at radius 1 is 1.37 bits per heavy atom. The molecule has 0 saturated heterocycles. The number of hydrogen-bond acceptors (Lipinski definition) is 8. The fourth-order valence-electron chi connectivity index (χ4n) is 2.87. The number of carbonyl (C=O) groups excluding carboxylic acids is 2. The van der Waals surface area contributed by atoms with Crippen molar-refractivity contribution in [3.05, 3.63) is 40.9 Å². The summed E-state index contributed by atoms with van der Waals surface area (Å²) in [6.45, 7) is 3.86. The Morgan fingerprint density at radius 2 is 2.15 bits per heavy atom. The zero-order valence-corrected chi connectivity index (χ0v) is 15.3. The molecule has 2 aromatic rings. The van der Waals surface area contributed by atoms with Crippen molar-refractivity contribution in [2.45, 2.75) is 13.8 Å². The molecule has 1 aliphatic heterocycles. The molecule has 1 aromatic carbocycles. The van der Waals surface area contributed by atoms with Crippen molar-refractivity contribution in [3.8, 4) is 5.69 Å². The molecule has 1 aromatic heterocycles. The summed E-state index contributed by atoms with van der Waals surface area (Å²) < 4.78 is 6.31. The summed E-state index contributed by atoms with van der Waals surface area (Å²) in [5.74, 6) is -0.952. The van der Waals surface area contributed by atoms with E-state index in [0.29, 0.717) is 11.4 Å². The molecule has 142 valence electrons. The van der Waals surface area contributed by atoms with Crippen molar-refractivity contribution in [1.82, 2.24) is 25.1 Å². The molecule has 3 rings (SSSR count). The number of tetrazole rings is 1. The SMILES string of the molecule is COC(=O)C1=C(Nc2cc(-n3cnnn3)cc(C)c2C)C(=O)N(CCO)C1. The third kappa shape index (κ3) is 3.51. The first-order valence-corrected chi connectivity index (χ1v) is 8.29. The van der Waals surface area contributed by atoms with Gasteiger partial charge in [-0.25, -0.2) is 9.48 Å². The van der Waals surface area contributed by atoms with Gasteiger partial charge >= 0.3 is 5.97 Å². The summed E-state index contributed by atoms with van der Waals surface area (Å²) in [4.78, 5) is 26.2. The van der Waals surface area contributed by atoms with E-state index in [4.69, 9.17) is 9.84 Å². The number of hydrogen-bond donors (Lipinski definition) is 2. The van der Waals surface area contributed by atoms with E-state index < -0.39 is 5.97 Å². The highest BCUT2D eigenvalue weighted by Gasteiger charge is 2.34. The Hall–Kier alpha value is -3.27. The molecule has 27 heavy (non-hydrogen) atoms. The minimum absolute atomic E-state index is 0.0825. The fraction of sp³-hybridized carbons (Fsp3) is 0.353. The Kier molecular flexibility index (Phi) is 5.17. The number of aliphatic hydroxyl groups excluding tert-OH is 1. The highest BCUT2D eigenvalue weighted by molar-refractivity contribution is 6.08. The first kappa shape index (κ1) is 18.5. The summed E-state index contributed by atoms with van der Waals surface area (Å²) >= 11 is 0. The van der Waals surface area contributed by atoms with Crippen LogP contribution in [0.5, 0.6) is 0 Å². The summed E-state index contributed by atoms with van der Waals surface area (Å²) in [6, 6.07) is 3.71. The summed E-state index contributed by atoms with van der Waals surface area (Å²) in [5.41, 5.74) is 3.60. The van der Waals surface area contributed by atoms with Gasteiger partial charge in [0.1, 0.15) is 12.0 Å². The molecule has 2 heterocycles. The van der Waals surface area contributed by atoms with Gasteiger partial charge in [-0.05, 0) is 47.5 Å². The van der Waals surface area contributed by atoms with E-state index in [1.165, 1.54) is 23.0 Å². The molecule has 10 nitrogen and oxygen atoms in total. The average Bonchev–Trinajstić information content (AvgIpc) is 3.29. The van der Waals surface area contributed by atoms with Gasteiger partial charge in [-0.15, -0.1) is 5.10 Å². The number of ether oxygens (including phenoxy) is 1. The molecule has 0 fully saturated rings. The van der Waals surface area contributed by atoms with Crippen molar-refractivity contribution in [2.24, 2.45) is 0 Å². The molecular formula is C17H20N6O4. The smallest absolute Gasteiger partial charge is 0.337 e. The number of aliphatic hydroxyl groups is 1. The number of methoxy groups -OCH3 is 1. The summed E-state index contributed by atoms with van der Waals surface area (Å²) in [7, 11) is 1.26. The Morgan fingerprint density at radius 3 is 2.78 bits per heavy atom. The molecule has 10 heteroatoms. The fourth-order valence-corrected chi connectivity index (χ4v) is 2.87. The number of esters is 1. The number of carbonyl (C=O) groups is 2. The van der Waals surface area contributed by atoms with Crippen molar-refractivity contribution in [2.75, 3.05) is 32.1 Å². The van der Waals surface area contributed by atoms with Crippen LogP contribution < -0.4 is 5.32 Å². The minimum Gasteiger partial charge on any atom is -0.466 e. The maximum absolute atomic E-state index is 12.7. The van der Waals surface area contributed by atoms with E-state index in [1.807, 2.05) is 19.9 Å². The molecule has 1 aliphatic rings. The largest absolute Gasteiger partial charge is 0.466 e. The highest BCUT2D eigenvalue weighted by atomic mass is 16.5. The average molecular weight is 372 g/mol. The number of nitrogens with one attached hydrogen (secondary N) is 1. The lowest BCUT2D eigenvalue weighted by atomic mass is 10.1. The number of nitrogens with zero attached hydrogens (tertiary/aromatic N) is 5. The van der Waals surface area contributed by atoms with Crippen LogP contribution in [0.1, 0.15) is 11.1 Å². The molecule has 0 spiro atoms. The topological polar surface area (TPSA) is 122 Å². The van der Waals surface area contributed by atoms with Crippen LogP contribution in [0.15, 0.2) is 29.7 Å². The van der Waals surface area contributed by atoms with Crippen molar-refractivity contribution >= 4 is 17.6 Å². The molecule has 2 N–H and O–H groups in total. The standard InChI is InChI=1S/C17H20N6O4/c1-10-6-12(23-9-18-20-21-23)7-14(11(10)2)19-15-13(17(26)27-3)8-22(4-5-24)16(15)25/h6-7,9,19,24H,4-5,8H2,1-3H3.